The van der Waals surface area contributed by atoms with E-state index in [-0.39, 0.29) is 0 Å². The summed E-state index contributed by atoms with van der Waals surface area (Å²) in [5, 5.41) is 0. The van der Waals surface area contributed by atoms with E-state index in [1.54, 1.807) is 0 Å². The third kappa shape index (κ3) is 3.79. The van der Waals surface area contributed by atoms with Gasteiger partial charge in [-0.1, -0.05) is 11.6 Å². The first kappa shape index (κ1) is 14.0. The van der Waals surface area contributed by atoms with E-state index >= 15 is 0 Å². The predicted molar refractivity (Wildman–Crippen MR) is 76.6 cm³/mol. The second-order valence-electron chi connectivity index (χ2n) is 5.02. The van der Waals surface area contributed by atoms with Crippen LogP contribution in [0, 0.1) is 0 Å². The number of carbonyl (C=O) groups excluding carboxylic acids is 1. The van der Waals surface area contributed by atoms with Gasteiger partial charge in [0.2, 0.25) is 0 Å². The molecule has 2 heterocycles. The van der Waals surface area contributed by atoms with Gasteiger partial charge < -0.3 is 9.80 Å². The Morgan fingerprint density at radius 2 is 2.22 bits per heavy atom. The predicted octanol–water partition coefficient (Wildman–Crippen LogP) is 2.15. The summed E-state index contributed by atoms with van der Waals surface area (Å²) in [7, 11) is 4.22. The summed E-state index contributed by atoms with van der Waals surface area (Å²) in [6.07, 6.45) is 1.15. The zero-order chi connectivity index (χ0) is 13.1. The molecule has 1 aliphatic heterocycles. The fourth-order valence-electron chi connectivity index (χ4n) is 2.30. The van der Waals surface area contributed by atoms with E-state index in [4.69, 9.17) is 11.6 Å². The topological polar surface area (TPSA) is 23.6 Å². The molecule has 2 rings (SSSR count). The van der Waals surface area contributed by atoms with Crippen LogP contribution < -0.4 is 0 Å². The fraction of sp³-hybridized carbons (Fsp3) is 0.615. The number of nitrogens with zero attached hydrogens (tertiary/aromatic N) is 2. The monoisotopic (exact) mass is 286 g/mol. The van der Waals surface area contributed by atoms with Crippen LogP contribution in [0.3, 0.4) is 0 Å². The molecule has 1 fully saturated rings. The molecular formula is C13H19ClN2OS. The lowest BCUT2D eigenvalue weighted by Crippen LogP contribution is -2.50. The lowest BCUT2D eigenvalue weighted by molar-refractivity contribution is -0.120. The number of rotatable bonds is 4. The average Bonchev–Trinajstić information content (AvgIpc) is 2.69. The van der Waals surface area contributed by atoms with E-state index in [0.29, 0.717) is 24.7 Å². The Morgan fingerprint density at radius 3 is 2.89 bits per heavy atom. The van der Waals surface area contributed by atoms with Crippen molar-refractivity contribution in [1.82, 2.24) is 9.80 Å². The quantitative estimate of drug-likeness (QED) is 0.847. The lowest BCUT2D eigenvalue weighted by atomic mass is 10.0. The van der Waals surface area contributed by atoms with Crippen molar-refractivity contribution in [3.05, 3.63) is 21.3 Å². The van der Waals surface area contributed by atoms with Crippen LogP contribution in [0.1, 0.15) is 11.3 Å². The smallest absolute Gasteiger partial charge is 0.139 e. The van der Waals surface area contributed by atoms with Crippen LogP contribution in [0.15, 0.2) is 12.1 Å². The van der Waals surface area contributed by atoms with Gasteiger partial charge in [0.25, 0.3) is 0 Å². The lowest BCUT2D eigenvalue weighted by Gasteiger charge is -2.37. The molecule has 0 amide bonds. The normalized spacial score (nSPS) is 22.3. The van der Waals surface area contributed by atoms with Crippen molar-refractivity contribution < 1.29 is 4.79 Å². The Kier molecular flexibility index (Phi) is 4.78. The minimum Gasteiger partial charge on any atom is -0.304 e. The first-order valence-electron chi connectivity index (χ1n) is 6.19. The molecule has 5 heteroatoms. The molecule has 1 aromatic heterocycles. The van der Waals surface area contributed by atoms with Crippen molar-refractivity contribution >= 4 is 28.7 Å². The minimum atomic E-state index is 0.306. The van der Waals surface area contributed by atoms with E-state index in [9.17, 15) is 4.79 Å². The average molecular weight is 287 g/mol. The highest BCUT2D eigenvalue weighted by molar-refractivity contribution is 7.16. The van der Waals surface area contributed by atoms with Crippen molar-refractivity contribution in [3.63, 3.8) is 0 Å². The summed E-state index contributed by atoms with van der Waals surface area (Å²) in [4.78, 5) is 17.7. The van der Waals surface area contributed by atoms with Gasteiger partial charge in [-0.05, 0) is 26.2 Å². The summed E-state index contributed by atoms with van der Waals surface area (Å²) in [5.74, 6) is 0.306. The van der Waals surface area contributed by atoms with E-state index in [1.807, 2.05) is 12.1 Å². The zero-order valence-electron chi connectivity index (χ0n) is 10.9. The van der Waals surface area contributed by atoms with Gasteiger partial charge in [0.1, 0.15) is 5.78 Å². The summed E-state index contributed by atoms with van der Waals surface area (Å²) < 4.78 is 0.757. The summed E-state index contributed by atoms with van der Waals surface area (Å²) >= 11 is 7.37. The van der Waals surface area contributed by atoms with Gasteiger partial charge in [-0.3, -0.25) is 4.79 Å². The van der Waals surface area contributed by atoms with Gasteiger partial charge in [0.05, 0.1) is 4.34 Å². The first-order chi connectivity index (χ1) is 8.54. The molecule has 1 saturated heterocycles. The maximum atomic E-state index is 12.1. The number of ketones is 1. The maximum absolute atomic E-state index is 12.1. The van der Waals surface area contributed by atoms with Crippen molar-refractivity contribution in [2.45, 2.75) is 18.9 Å². The van der Waals surface area contributed by atoms with Gasteiger partial charge in [0, 0.05) is 43.4 Å². The molecule has 18 heavy (non-hydrogen) atoms. The number of hydrogen-bond donors (Lipinski definition) is 0. The van der Waals surface area contributed by atoms with Crippen LogP contribution >= 0.6 is 22.9 Å². The Labute approximate surface area is 117 Å². The Balaban J connectivity index is 1.86. The molecule has 0 N–H and O–H groups in total. The third-order valence-electron chi connectivity index (χ3n) is 3.44. The molecule has 3 nitrogen and oxygen atoms in total. The molecule has 1 aliphatic rings. The van der Waals surface area contributed by atoms with E-state index in [0.717, 1.165) is 28.8 Å². The van der Waals surface area contributed by atoms with Crippen LogP contribution in [0.4, 0.5) is 0 Å². The summed E-state index contributed by atoms with van der Waals surface area (Å²) in [6.45, 7) is 3.11. The van der Waals surface area contributed by atoms with E-state index in [1.165, 1.54) is 11.3 Å². The maximum Gasteiger partial charge on any atom is 0.139 e. The van der Waals surface area contributed by atoms with Gasteiger partial charge in [-0.2, -0.15) is 0 Å². The van der Waals surface area contributed by atoms with Gasteiger partial charge in [-0.15, -0.1) is 11.3 Å². The van der Waals surface area contributed by atoms with Crippen LogP contribution in [0.25, 0.3) is 0 Å². The SMILES string of the molecule is CN1CCN(C)C(CC(=O)Cc2ccc(Cl)s2)C1. The van der Waals surface area contributed by atoms with Crippen LogP contribution in [-0.2, 0) is 11.2 Å². The molecule has 0 aromatic carbocycles. The van der Waals surface area contributed by atoms with E-state index in [2.05, 4.69) is 23.9 Å². The highest BCUT2D eigenvalue weighted by atomic mass is 35.5. The molecule has 0 spiro atoms. The number of carbonyl (C=O) groups is 1. The van der Waals surface area contributed by atoms with Crippen molar-refractivity contribution in [3.8, 4) is 0 Å². The second kappa shape index (κ2) is 6.15. The van der Waals surface area contributed by atoms with Crippen molar-refractivity contribution in [2.75, 3.05) is 33.7 Å². The second-order valence-corrected chi connectivity index (χ2v) is 6.82. The fourth-order valence-corrected chi connectivity index (χ4v) is 3.41. The molecule has 100 valence electrons. The molecule has 1 atom stereocenters. The Bertz CT molecular complexity index is 421. The van der Waals surface area contributed by atoms with Crippen LogP contribution in [0.2, 0.25) is 4.34 Å². The van der Waals surface area contributed by atoms with Gasteiger partial charge in [0.15, 0.2) is 0 Å². The van der Waals surface area contributed by atoms with Crippen molar-refractivity contribution in [2.24, 2.45) is 0 Å². The standard InChI is InChI=1S/C13H19ClN2OS/c1-15-5-6-16(2)10(9-15)7-11(17)8-12-3-4-13(14)18-12/h3-4,10H,5-9H2,1-2H3. The Hall–Kier alpha value is -0.420. The highest BCUT2D eigenvalue weighted by Gasteiger charge is 2.24. The van der Waals surface area contributed by atoms with Gasteiger partial charge in [-0.25, -0.2) is 0 Å². The third-order valence-corrected chi connectivity index (χ3v) is 4.67. The number of halogens is 1. The molecule has 1 aromatic rings. The van der Waals surface area contributed by atoms with Gasteiger partial charge >= 0.3 is 0 Å². The molecule has 0 bridgehead atoms. The first-order valence-corrected chi connectivity index (χ1v) is 7.38. The number of likely N-dealkylation sites (N-methyl/N-ethyl adjacent to an activating group) is 2. The van der Waals surface area contributed by atoms with Crippen molar-refractivity contribution in [1.29, 1.82) is 0 Å². The van der Waals surface area contributed by atoms with E-state index < -0.39 is 0 Å². The number of piperazine rings is 1. The molecule has 0 saturated carbocycles. The highest BCUT2D eigenvalue weighted by Crippen LogP contribution is 2.22. The van der Waals surface area contributed by atoms with Crippen LogP contribution in [0.5, 0.6) is 0 Å². The minimum absolute atomic E-state index is 0.306. The zero-order valence-corrected chi connectivity index (χ0v) is 12.4. The van der Waals surface area contributed by atoms with Crippen LogP contribution in [-0.4, -0.2) is 55.4 Å². The Morgan fingerprint density at radius 1 is 1.44 bits per heavy atom. The summed E-state index contributed by atoms with van der Waals surface area (Å²) in [5.41, 5.74) is 0. The molecule has 1 unspecified atom stereocenters. The number of hydrogen-bond acceptors (Lipinski definition) is 4. The number of thiophene rings is 1. The molecule has 0 radical (unpaired) electrons. The number of Topliss-reactive ketones (excluding diaryl/α,β-unsaturated/α-hetero) is 1. The molecular weight excluding hydrogens is 268 g/mol. The molecule has 0 aliphatic carbocycles. The largest absolute Gasteiger partial charge is 0.304 e. The summed E-state index contributed by atoms with van der Waals surface area (Å²) in [6, 6.07) is 4.16.